The van der Waals surface area contributed by atoms with Gasteiger partial charge < -0.3 is 4.42 Å². The number of hydrogen-bond donors (Lipinski definition) is 1. The molecule has 6 nitrogen and oxygen atoms in total. The molecule has 11 heteroatoms. The highest BCUT2D eigenvalue weighted by molar-refractivity contribution is 8.18. The molecule has 4 rings (SSSR count). The van der Waals surface area contributed by atoms with E-state index in [1.54, 1.807) is 25.1 Å². The van der Waals surface area contributed by atoms with Crippen LogP contribution in [0.3, 0.4) is 0 Å². The topological polar surface area (TPSA) is 89.3 Å². The van der Waals surface area contributed by atoms with Crippen LogP contribution in [0, 0.1) is 6.92 Å². The number of oxazole rings is 1. The van der Waals surface area contributed by atoms with Crippen LogP contribution >= 0.6 is 23.1 Å². The van der Waals surface area contributed by atoms with Crippen LogP contribution in [0.5, 0.6) is 0 Å². The van der Waals surface area contributed by atoms with Gasteiger partial charge in [0.2, 0.25) is 5.89 Å². The molecule has 0 atom stereocenters. The van der Waals surface area contributed by atoms with Crippen LogP contribution in [-0.4, -0.2) is 21.9 Å². The second kappa shape index (κ2) is 8.99. The maximum absolute atomic E-state index is 12.7. The van der Waals surface area contributed by atoms with Crippen LogP contribution in [0.1, 0.15) is 38.0 Å². The number of ketones is 1. The Morgan fingerprint density at radius 3 is 2.52 bits per heavy atom. The number of Topliss-reactive ketones (excluding diaryl/α,β-unsaturated/α-hetero) is 1. The van der Waals surface area contributed by atoms with Crippen molar-refractivity contribution in [1.29, 1.82) is 0 Å². The van der Waals surface area contributed by atoms with E-state index in [2.05, 4.69) is 10.3 Å². The molecule has 1 N–H and O–H groups in total. The number of amides is 2. The van der Waals surface area contributed by atoms with Gasteiger partial charge in [-0.2, -0.15) is 13.2 Å². The lowest BCUT2D eigenvalue weighted by atomic mass is 10.1. The first-order valence-electron chi connectivity index (χ1n) is 9.62. The third-order valence-corrected chi connectivity index (χ3v) is 6.64. The highest BCUT2D eigenvalue weighted by atomic mass is 32.2. The molecule has 0 saturated carbocycles. The largest absolute Gasteiger partial charge is 0.441 e. The van der Waals surface area contributed by atoms with Crippen molar-refractivity contribution in [2.24, 2.45) is 0 Å². The molecule has 2 amide bonds. The number of thiophene rings is 1. The first kappa shape index (κ1) is 23.0. The Balaban J connectivity index is 1.41. The summed E-state index contributed by atoms with van der Waals surface area (Å²) in [5.41, 5.74) is 0.201. The van der Waals surface area contributed by atoms with E-state index in [0.717, 1.165) is 23.9 Å². The fraction of sp³-hybridized carbons (Fsp3) is 0.182. The number of nitrogens with zero attached hydrogens (tertiary/aromatic N) is 1. The lowest BCUT2D eigenvalue weighted by Gasteiger charge is -2.06. The summed E-state index contributed by atoms with van der Waals surface area (Å²) >= 11 is 2.02. The predicted octanol–water partition coefficient (Wildman–Crippen LogP) is 5.87. The predicted molar refractivity (Wildman–Crippen MR) is 118 cm³/mol. The van der Waals surface area contributed by atoms with E-state index in [1.807, 2.05) is 0 Å². The minimum absolute atomic E-state index is 0.122. The second-order valence-corrected chi connectivity index (χ2v) is 9.20. The molecule has 1 aliphatic rings. The summed E-state index contributed by atoms with van der Waals surface area (Å²) in [4.78, 5) is 41.3. The van der Waals surface area contributed by atoms with Gasteiger partial charge in [0.25, 0.3) is 11.1 Å². The van der Waals surface area contributed by atoms with Gasteiger partial charge in [0, 0.05) is 23.3 Å². The lowest BCUT2D eigenvalue weighted by molar-refractivity contribution is -0.137. The van der Waals surface area contributed by atoms with Crippen LogP contribution in [0.25, 0.3) is 17.5 Å². The molecule has 170 valence electrons. The van der Waals surface area contributed by atoms with Gasteiger partial charge in [-0.1, -0.05) is 0 Å². The fourth-order valence-corrected chi connectivity index (χ4v) is 4.74. The number of halogens is 3. The maximum atomic E-state index is 12.7. The van der Waals surface area contributed by atoms with Gasteiger partial charge in [0.15, 0.2) is 5.78 Å². The minimum atomic E-state index is -4.42. The van der Waals surface area contributed by atoms with E-state index in [-0.39, 0.29) is 23.0 Å². The van der Waals surface area contributed by atoms with Gasteiger partial charge >= 0.3 is 6.18 Å². The Hall–Kier alpha value is -3.18. The molecule has 0 spiro atoms. The quantitative estimate of drug-likeness (QED) is 0.342. The van der Waals surface area contributed by atoms with Crippen molar-refractivity contribution in [2.75, 3.05) is 0 Å². The normalized spacial score (nSPS) is 15.3. The molecule has 1 aromatic carbocycles. The van der Waals surface area contributed by atoms with Crippen LogP contribution in [-0.2, 0) is 17.4 Å². The standard InChI is InChI=1S/C22H15F3N2O4S2/c1-11-15(26-20(31-11)12-2-4-13(5-3-12)22(23,24)25)7-8-16(28)17-9-6-14(32-17)10-18-19(29)27-21(30)33-18/h2-6,9-10H,7-8H2,1H3,(H,27,29,30). The lowest BCUT2D eigenvalue weighted by Crippen LogP contribution is -2.17. The minimum Gasteiger partial charge on any atom is -0.441 e. The van der Waals surface area contributed by atoms with E-state index < -0.39 is 22.9 Å². The zero-order valence-electron chi connectivity index (χ0n) is 17.0. The van der Waals surface area contributed by atoms with Crippen molar-refractivity contribution in [3.63, 3.8) is 0 Å². The summed E-state index contributed by atoms with van der Waals surface area (Å²) in [6.45, 7) is 1.68. The second-order valence-electron chi connectivity index (χ2n) is 7.07. The third-order valence-electron chi connectivity index (χ3n) is 4.76. The molecule has 1 saturated heterocycles. The number of aryl methyl sites for hydroxylation is 2. The number of aromatic nitrogens is 1. The molecule has 0 aliphatic carbocycles. The maximum Gasteiger partial charge on any atom is 0.416 e. The van der Waals surface area contributed by atoms with Crippen molar-refractivity contribution in [1.82, 2.24) is 10.3 Å². The zero-order valence-corrected chi connectivity index (χ0v) is 18.6. The van der Waals surface area contributed by atoms with Crippen LogP contribution in [0.2, 0.25) is 0 Å². The summed E-state index contributed by atoms with van der Waals surface area (Å²) in [6, 6.07) is 7.87. The molecule has 0 radical (unpaired) electrons. The van der Waals surface area contributed by atoms with Crippen molar-refractivity contribution in [3.8, 4) is 11.5 Å². The summed E-state index contributed by atoms with van der Waals surface area (Å²) in [6.07, 6.45) is -2.40. The summed E-state index contributed by atoms with van der Waals surface area (Å²) in [7, 11) is 0. The summed E-state index contributed by atoms with van der Waals surface area (Å²) < 4.78 is 43.8. The van der Waals surface area contributed by atoms with Gasteiger partial charge in [-0.05, 0) is 61.2 Å². The molecule has 3 aromatic rings. The fourth-order valence-electron chi connectivity index (χ4n) is 3.07. The van der Waals surface area contributed by atoms with Gasteiger partial charge in [-0.3, -0.25) is 19.7 Å². The number of nitrogens with one attached hydrogen (secondary N) is 1. The molecule has 33 heavy (non-hydrogen) atoms. The van der Waals surface area contributed by atoms with E-state index in [0.29, 0.717) is 33.2 Å². The number of hydrogen-bond acceptors (Lipinski definition) is 7. The highest BCUT2D eigenvalue weighted by Gasteiger charge is 2.30. The van der Waals surface area contributed by atoms with Gasteiger partial charge in [0.1, 0.15) is 5.76 Å². The zero-order chi connectivity index (χ0) is 23.8. The van der Waals surface area contributed by atoms with E-state index >= 15 is 0 Å². The van der Waals surface area contributed by atoms with E-state index in [1.165, 1.54) is 23.5 Å². The molecular weight excluding hydrogens is 477 g/mol. The van der Waals surface area contributed by atoms with Crippen molar-refractivity contribution in [2.45, 2.75) is 25.9 Å². The SMILES string of the molecule is Cc1oc(-c2ccc(C(F)(F)F)cc2)nc1CCC(=O)c1ccc(C=C2SC(=O)NC2=O)s1. The smallest absolute Gasteiger partial charge is 0.416 e. The third kappa shape index (κ3) is 5.25. The molecule has 1 fully saturated rings. The average Bonchev–Trinajstić information content (AvgIpc) is 3.45. The number of benzene rings is 1. The van der Waals surface area contributed by atoms with Crippen LogP contribution in [0.4, 0.5) is 18.0 Å². The van der Waals surface area contributed by atoms with Crippen LogP contribution in [0.15, 0.2) is 45.7 Å². The Morgan fingerprint density at radius 2 is 1.88 bits per heavy atom. The first-order chi connectivity index (χ1) is 15.6. The highest BCUT2D eigenvalue weighted by Crippen LogP contribution is 2.32. The Bertz CT molecular complexity index is 1270. The molecule has 0 bridgehead atoms. The molecule has 2 aromatic heterocycles. The molecule has 1 aliphatic heterocycles. The van der Waals surface area contributed by atoms with Crippen molar-refractivity contribution < 1.29 is 32.0 Å². The number of alkyl halides is 3. The van der Waals surface area contributed by atoms with Crippen LogP contribution < -0.4 is 5.32 Å². The summed E-state index contributed by atoms with van der Waals surface area (Å²) in [5.74, 6) is 0.0956. The Labute approximate surface area is 193 Å². The van der Waals surface area contributed by atoms with Gasteiger partial charge in [0.05, 0.1) is 21.0 Å². The number of rotatable bonds is 6. The molecule has 0 unspecified atom stereocenters. The van der Waals surface area contributed by atoms with E-state index in [9.17, 15) is 27.6 Å². The number of carbonyl (C=O) groups excluding carboxylic acids is 3. The van der Waals surface area contributed by atoms with E-state index in [4.69, 9.17) is 4.42 Å². The number of thioether (sulfide) groups is 1. The summed E-state index contributed by atoms with van der Waals surface area (Å²) in [5, 5.41) is 1.74. The van der Waals surface area contributed by atoms with Gasteiger partial charge in [-0.15, -0.1) is 11.3 Å². The number of imide groups is 1. The monoisotopic (exact) mass is 492 g/mol. The average molecular weight is 493 g/mol. The Morgan fingerprint density at radius 1 is 1.15 bits per heavy atom. The Kier molecular flexibility index (Phi) is 6.26. The first-order valence-corrected chi connectivity index (χ1v) is 11.3. The molecular formula is C22H15F3N2O4S2. The molecule has 3 heterocycles. The van der Waals surface area contributed by atoms with Crippen molar-refractivity contribution in [3.05, 3.63) is 68.1 Å². The van der Waals surface area contributed by atoms with Gasteiger partial charge in [-0.25, -0.2) is 4.98 Å². The van der Waals surface area contributed by atoms with Crippen molar-refractivity contribution >= 4 is 46.1 Å². The number of carbonyl (C=O) groups is 3.